The maximum atomic E-state index is 13.1. The molecule has 1 amide bonds. The van der Waals surface area contributed by atoms with Crippen LogP contribution in [0.3, 0.4) is 0 Å². The predicted molar refractivity (Wildman–Crippen MR) is 122 cm³/mol. The van der Waals surface area contributed by atoms with Gasteiger partial charge in [-0.1, -0.05) is 49.6 Å². The molecule has 2 aromatic carbocycles. The SMILES string of the molecule is CCOc1ccc(S(=O)(=O)N[C@@H](Cc2ccccc2)C(=O)NC2CCCCC2)cc1C. The van der Waals surface area contributed by atoms with Crippen molar-refractivity contribution in [3.8, 4) is 5.75 Å². The zero-order valence-corrected chi connectivity index (χ0v) is 19.1. The van der Waals surface area contributed by atoms with Crippen molar-refractivity contribution in [1.82, 2.24) is 10.0 Å². The lowest BCUT2D eigenvalue weighted by molar-refractivity contribution is -0.123. The molecule has 0 unspecified atom stereocenters. The summed E-state index contributed by atoms with van der Waals surface area (Å²) >= 11 is 0. The topological polar surface area (TPSA) is 84.5 Å². The van der Waals surface area contributed by atoms with Crippen LogP contribution in [0.25, 0.3) is 0 Å². The number of carbonyl (C=O) groups is 1. The van der Waals surface area contributed by atoms with Gasteiger partial charge in [0.2, 0.25) is 15.9 Å². The summed E-state index contributed by atoms with van der Waals surface area (Å²) in [5.74, 6) is 0.374. The standard InChI is InChI=1S/C24H32N2O4S/c1-3-30-23-15-14-21(16-18(23)2)31(28,29)26-22(17-19-10-6-4-7-11-19)24(27)25-20-12-8-5-9-13-20/h4,6-7,10-11,14-16,20,22,26H,3,5,8-9,12-13,17H2,1-2H3,(H,25,27)/t22-/m0/s1. The molecular formula is C24H32N2O4S. The Morgan fingerprint density at radius 3 is 2.45 bits per heavy atom. The van der Waals surface area contributed by atoms with Gasteiger partial charge >= 0.3 is 0 Å². The van der Waals surface area contributed by atoms with E-state index < -0.39 is 16.1 Å². The number of rotatable bonds is 9. The Kier molecular flexibility index (Phi) is 8.09. The monoisotopic (exact) mass is 444 g/mol. The number of nitrogens with one attached hydrogen (secondary N) is 2. The van der Waals surface area contributed by atoms with Crippen molar-refractivity contribution in [2.75, 3.05) is 6.61 Å². The fraction of sp³-hybridized carbons (Fsp3) is 0.458. The third kappa shape index (κ3) is 6.55. The number of sulfonamides is 1. The molecule has 0 aromatic heterocycles. The van der Waals surface area contributed by atoms with Crippen molar-refractivity contribution in [2.45, 2.75) is 69.4 Å². The first-order valence-corrected chi connectivity index (χ1v) is 12.5. The number of benzene rings is 2. The lowest BCUT2D eigenvalue weighted by atomic mass is 9.95. The van der Waals surface area contributed by atoms with E-state index in [0.717, 1.165) is 36.8 Å². The first kappa shape index (κ1) is 23.3. The molecule has 2 N–H and O–H groups in total. The Bertz CT molecular complexity index is 970. The molecule has 1 aliphatic rings. The van der Waals surface area contributed by atoms with E-state index in [0.29, 0.717) is 12.4 Å². The van der Waals surface area contributed by atoms with Gasteiger partial charge in [0.05, 0.1) is 11.5 Å². The highest BCUT2D eigenvalue weighted by Gasteiger charge is 2.28. The highest BCUT2D eigenvalue weighted by atomic mass is 32.2. The minimum absolute atomic E-state index is 0.108. The summed E-state index contributed by atoms with van der Waals surface area (Å²) in [6.07, 6.45) is 5.53. The second-order valence-electron chi connectivity index (χ2n) is 8.07. The van der Waals surface area contributed by atoms with Crippen LogP contribution in [0.1, 0.15) is 50.2 Å². The third-order valence-electron chi connectivity index (χ3n) is 5.60. The second kappa shape index (κ2) is 10.8. The first-order chi connectivity index (χ1) is 14.9. The first-order valence-electron chi connectivity index (χ1n) is 11.0. The Morgan fingerprint density at radius 2 is 1.81 bits per heavy atom. The molecule has 168 valence electrons. The van der Waals surface area contributed by atoms with Gasteiger partial charge < -0.3 is 10.1 Å². The van der Waals surface area contributed by atoms with E-state index >= 15 is 0 Å². The molecule has 0 radical (unpaired) electrons. The van der Waals surface area contributed by atoms with Gasteiger partial charge in [0.25, 0.3) is 0 Å². The van der Waals surface area contributed by atoms with Crippen LogP contribution in [0, 0.1) is 6.92 Å². The van der Waals surface area contributed by atoms with Crippen molar-refractivity contribution < 1.29 is 17.9 Å². The molecule has 3 rings (SSSR count). The maximum absolute atomic E-state index is 13.1. The van der Waals surface area contributed by atoms with Gasteiger partial charge in [0, 0.05) is 6.04 Å². The summed E-state index contributed by atoms with van der Waals surface area (Å²) in [5.41, 5.74) is 1.63. The van der Waals surface area contributed by atoms with E-state index in [2.05, 4.69) is 10.0 Å². The molecule has 0 heterocycles. The molecule has 2 aromatic rings. The minimum Gasteiger partial charge on any atom is -0.494 e. The number of carbonyl (C=O) groups excluding carboxylic acids is 1. The normalized spacial score (nSPS) is 15.9. The van der Waals surface area contributed by atoms with Crippen molar-refractivity contribution in [3.63, 3.8) is 0 Å². The highest BCUT2D eigenvalue weighted by molar-refractivity contribution is 7.89. The molecule has 0 aliphatic heterocycles. The second-order valence-corrected chi connectivity index (χ2v) is 9.78. The number of amides is 1. The number of aryl methyl sites for hydroxylation is 1. The zero-order valence-electron chi connectivity index (χ0n) is 18.3. The fourth-order valence-electron chi connectivity index (χ4n) is 3.95. The summed E-state index contributed by atoms with van der Waals surface area (Å²) in [7, 11) is -3.89. The van der Waals surface area contributed by atoms with Gasteiger partial charge in [-0.15, -0.1) is 0 Å². The van der Waals surface area contributed by atoms with Crippen LogP contribution in [0.15, 0.2) is 53.4 Å². The van der Waals surface area contributed by atoms with E-state index in [1.165, 1.54) is 12.5 Å². The van der Waals surface area contributed by atoms with E-state index in [1.54, 1.807) is 19.1 Å². The van der Waals surface area contributed by atoms with E-state index in [9.17, 15) is 13.2 Å². The number of hydrogen-bond acceptors (Lipinski definition) is 4. The molecule has 1 atom stereocenters. The quantitative estimate of drug-likeness (QED) is 0.617. The lowest BCUT2D eigenvalue weighted by Crippen LogP contribution is -2.50. The summed E-state index contributed by atoms with van der Waals surface area (Å²) in [5, 5.41) is 3.06. The van der Waals surface area contributed by atoms with Crippen molar-refractivity contribution in [1.29, 1.82) is 0 Å². The van der Waals surface area contributed by atoms with E-state index in [-0.39, 0.29) is 23.3 Å². The van der Waals surface area contributed by atoms with Gasteiger partial charge in [0.1, 0.15) is 11.8 Å². The largest absolute Gasteiger partial charge is 0.494 e. The Balaban J connectivity index is 1.80. The van der Waals surface area contributed by atoms with Crippen LogP contribution >= 0.6 is 0 Å². The average molecular weight is 445 g/mol. The predicted octanol–water partition coefficient (Wildman–Crippen LogP) is 3.73. The maximum Gasteiger partial charge on any atom is 0.241 e. The molecule has 1 aliphatic carbocycles. The lowest BCUT2D eigenvalue weighted by Gasteiger charge is -2.26. The van der Waals surface area contributed by atoms with Crippen molar-refractivity contribution in [3.05, 3.63) is 59.7 Å². The molecule has 0 saturated heterocycles. The third-order valence-corrected chi connectivity index (χ3v) is 7.07. The van der Waals surface area contributed by atoms with Crippen LogP contribution in [0.4, 0.5) is 0 Å². The van der Waals surface area contributed by atoms with Gasteiger partial charge in [-0.2, -0.15) is 4.72 Å². The summed E-state index contributed by atoms with van der Waals surface area (Å²) < 4.78 is 34.4. The van der Waals surface area contributed by atoms with Gasteiger partial charge in [-0.3, -0.25) is 4.79 Å². The zero-order chi connectivity index (χ0) is 22.3. The Labute approximate surface area is 185 Å². The molecule has 0 bridgehead atoms. The van der Waals surface area contributed by atoms with Crippen LogP contribution in [-0.2, 0) is 21.2 Å². The van der Waals surface area contributed by atoms with E-state index in [4.69, 9.17) is 4.74 Å². The minimum atomic E-state index is -3.89. The van der Waals surface area contributed by atoms with Crippen LogP contribution < -0.4 is 14.8 Å². The molecule has 1 fully saturated rings. The van der Waals surface area contributed by atoms with Crippen LogP contribution in [0.5, 0.6) is 5.75 Å². The van der Waals surface area contributed by atoms with Crippen LogP contribution in [0.2, 0.25) is 0 Å². The molecule has 1 saturated carbocycles. The summed E-state index contributed by atoms with van der Waals surface area (Å²) in [4.78, 5) is 13.2. The number of ether oxygens (including phenoxy) is 1. The highest BCUT2D eigenvalue weighted by Crippen LogP contribution is 2.22. The molecule has 7 heteroatoms. The average Bonchev–Trinajstić information content (AvgIpc) is 2.76. The summed E-state index contributed by atoms with van der Waals surface area (Å²) in [6, 6.07) is 13.4. The van der Waals surface area contributed by atoms with Crippen LogP contribution in [-0.4, -0.2) is 33.0 Å². The van der Waals surface area contributed by atoms with E-state index in [1.807, 2.05) is 37.3 Å². The summed E-state index contributed by atoms with van der Waals surface area (Å²) in [6.45, 7) is 4.19. The molecule has 0 spiro atoms. The smallest absolute Gasteiger partial charge is 0.241 e. The molecule has 31 heavy (non-hydrogen) atoms. The van der Waals surface area contributed by atoms with Crippen molar-refractivity contribution in [2.24, 2.45) is 0 Å². The fourth-order valence-corrected chi connectivity index (χ4v) is 5.23. The molecular weight excluding hydrogens is 412 g/mol. The van der Waals surface area contributed by atoms with Crippen molar-refractivity contribution >= 4 is 15.9 Å². The van der Waals surface area contributed by atoms with Gasteiger partial charge in [0.15, 0.2) is 0 Å². The number of hydrogen-bond donors (Lipinski definition) is 2. The van der Waals surface area contributed by atoms with Gasteiger partial charge in [-0.05, 0) is 62.4 Å². The Morgan fingerprint density at radius 1 is 1.10 bits per heavy atom. The molecule has 6 nitrogen and oxygen atoms in total. The van der Waals surface area contributed by atoms with Gasteiger partial charge in [-0.25, -0.2) is 8.42 Å². The Hall–Kier alpha value is -2.38.